The highest BCUT2D eigenvalue weighted by atomic mass is 16.6. The van der Waals surface area contributed by atoms with Crippen LogP contribution in [0.3, 0.4) is 0 Å². The predicted octanol–water partition coefficient (Wildman–Crippen LogP) is 2.47. The number of carbonyl (C=O) groups excluding carboxylic acids is 2. The molecule has 0 saturated heterocycles. The molecule has 112 valence electrons. The van der Waals surface area contributed by atoms with Crippen LogP contribution >= 0.6 is 0 Å². The first-order chi connectivity index (χ1) is 8.74. The van der Waals surface area contributed by atoms with Gasteiger partial charge in [-0.2, -0.15) is 0 Å². The van der Waals surface area contributed by atoms with Gasteiger partial charge in [0.25, 0.3) is 0 Å². The van der Waals surface area contributed by atoms with E-state index in [-0.39, 0.29) is 36.5 Å². The van der Waals surface area contributed by atoms with Gasteiger partial charge in [-0.05, 0) is 41.0 Å². The number of carbonyl (C=O) groups is 2. The van der Waals surface area contributed by atoms with Crippen LogP contribution in [0.15, 0.2) is 0 Å². The summed E-state index contributed by atoms with van der Waals surface area (Å²) in [6.07, 6.45) is 0.633. The number of hydrogen-bond donors (Lipinski definition) is 0. The number of ether oxygens (including phenoxy) is 3. The Hall–Kier alpha value is -1.10. The van der Waals surface area contributed by atoms with Crippen LogP contribution in [0.2, 0.25) is 0 Å². The highest BCUT2D eigenvalue weighted by Crippen LogP contribution is 2.09. The summed E-state index contributed by atoms with van der Waals surface area (Å²) in [4.78, 5) is 22.6. The lowest BCUT2D eigenvalue weighted by molar-refractivity contribution is -0.154. The zero-order valence-electron chi connectivity index (χ0n) is 12.7. The van der Waals surface area contributed by atoms with Crippen molar-refractivity contribution < 1.29 is 23.8 Å². The van der Waals surface area contributed by atoms with Crippen LogP contribution in [0.1, 0.15) is 53.9 Å². The number of esters is 2. The summed E-state index contributed by atoms with van der Waals surface area (Å²) in [7, 11) is 0. The molecular weight excluding hydrogens is 248 g/mol. The smallest absolute Gasteiger partial charge is 0.306 e. The average Bonchev–Trinajstić information content (AvgIpc) is 2.25. The Bertz CT molecular complexity index is 280. The van der Waals surface area contributed by atoms with Gasteiger partial charge in [0.2, 0.25) is 0 Å². The molecule has 0 amide bonds. The van der Waals surface area contributed by atoms with Crippen molar-refractivity contribution in [2.75, 3.05) is 13.2 Å². The minimum Gasteiger partial charge on any atom is -0.466 e. The van der Waals surface area contributed by atoms with Crippen LogP contribution in [0.4, 0.5) is 0 Å². The van der Waals surface area contributed by atoms with Gasteiger partial charge in [0.05, 0.1) is 18.8 Å². The average molecular weight is 274 g/mol. The molecule has 0 rings (SSSR count). The molecule has 0 bridgehead atoms. The van der Waals surface area contributed by atoms with E-state index in [0.29, 0.717) is 19.6 Å². The molecule has 0 aromatic rings. The third-order valence-corrected chi connectivity index (χ3v) is 2.15. The molecule has 0 N–H and O–H groups in total. The molecule has 0 aromatic carbocycles. The molecular formula is C14H26O5. The molecule has 0 radical (unpaired) electrons. The summed E-state index contributed by atoms with van der Waals surface area (Å²) < 4.78 is 15.5. The molecule has 1 unspecified atom stereocenters. The minimum atomic E-state index is -0.311. The fraction of sp³-hybridized carbons (Fsp3) is 0.857. The van der Waals surface area contributed by atoms with Crippen molar-refractivity contribution in [3.8, 4) is 0 Å². The van der Waals surface area contributed by atoms with Crippen LogP contribution in [-0.2, 0) is 23.8 Å². The molecule has 0 aliphatic heterocycles. The Morgan fingerprint density at radius 2 is 1.68 bits per heavy atom. The number of hydrogen-bond acceptors (Lipinski definition) is 5. The summed E-state index contributed by atoms with van der Waals surface area (Å²) in [5.74, 6) is -0.589. The van der Waals surface area contributed by atoms with Crippen molar-refractivity contribution in [3.05, 3.63) is 0 Å². The van der Waals surface area contributed by atoms with Gasteiger partial charge in [-0.1, -0.05) is 0 Å². The zero-order chi connectivity index (χ0) is 14.9. The molecule has 0 spiro atoms. The Labute approximate surface area is 115 Å². The Morgan fingerprint density at radius 1 is 1.11 bits per heavy atom. The maximum atomic E-state index is 11.5. The van der Waals surface area contributed by atoms with E-state index < -0.39 is 0 Å². The van der Waals surface area contributed by atoms with Gasteiger partial charge in [0.1, 0.15) is 6.10 Å². The van der Waals surface area contributed by atoms with Crippen molar-refractivity contribution in [3.63, 3.8) is 0 Å². The van der Waals surface area contributed by atoms with E-state index in [9.17, 15) is 9.59 Å². The molecule has 0 saturated carbocycles. The lowest BCUT2D eigenvalue weighted by Gasteiger charge is -2.22. The maximum absolute atomic E-state index is 11.5. The largest absolute Gasteiger partial charge is 0.466 e. The first-order valence-electron chi connectivity index (χ1n) is 6.73. The SMILES string of the molecule is CCOC(=O)CCCC(=O)OC(C)COC(C)(C)C. The highest BCUT2D eigenvalue weighted by Gasteiger charge is 2.15. The van der Waals surface area contributed by atoms with Gasteiger partial charge in [-0.3, -0.25) is 9.59 Å². The summed E-state index contributed by atoms with van der Waals surface area (Å²) in [5, 5.41) is 0. The van der Waals surface area contributed by atoms with Gasteiger partial charge in [-0.15, -0.1) is 0 Å². The standard InChI is InChI=1S/C14H26O5/c1-6-17-12(15)8-7-9-13(16)19-11(2)10-18-14(3,4)5/h11H,6-10H2,1-5H3. The summed E-state index contributed by atoms with van der Waals surface area (Å²) in [6, 6.07) is 0. The number of rotatable bonds is 8. The fourth-order valence-corrected chi connectivity index (χ4v) is 1.29. The van der Waals surface area contributed by atoms with Crippen LogP contribution in [0.5, 0.6) is 0 Å². The van der Waals surface area contributed by atoms with Gasteiger partial charge < -0.3 is 14.2 Å². The molecule has 19 heavy (non-hydrogen) atoms. The first-order valence-corrected chi connectivity index (χ1v) is 6.73. The summed E-state index contributed by atoms with van der Waals surface area (Å²) in [5.41, 5.74) is -0.245. The van der Waals surface area contributed by atoms with Crippen LogP contribution < -0.4 is 0 Å². The van der Waals surface area contributed by atoms with Crippen molar-refractivity contribution in [1.29, 1.82) is 0 Å². The van der Waals surface area contributed by atoms with Crippen LogP contribution in [0, 0.1) is 0 Å². The first kappa shape index (κ1) is 17.9. The third kappa shape index (κ3) is 11.7. The van der Waals surface area contributed by atoms with Crippen LogP contribution in [-0.4, -0.2) is 36.9 Å². The van der Waals surface area contributed by atoms with Gasteiger partial charge in [0.15, 0.2) is 0 Å². The Balaban J connectivity index is 3.71. The summed E-state index contributed by atoms with van der Waals surface area (Å²) in [6.45, 7) is 10.1. The normalized spacial score (nSPS) is 12.9. The monoisotopic (exact) mass is 274 g/mol. The molecule has 1 atom stereocenters. The lowest BCUT2D eigenvalue weighted by atomic mass is 10.2. The van der Waals surface area contributed by atoms with Crippen molar-refractivity contribution in [2.45, 2.75) is 65.6 Å². The quantitative estimate of drug-likeness (QED) is 0.636. The lowest BCUT2D eigenvalue weighted by Crippen LogP contribution is -2.27. The molecule has 0 aliphatic carbocycles. The Morgan fingerprint density at radius 3 is 2.21 bits per heavy atom. The fourth-order valence-electron chi connectivity index (χ4n) is 1.29. The van der Waals surface area contributed by atoms with E-state index in [2.05, 4.69) is 0 Å². The molecule has 0 heterocycles. The topological polar surface area (TPSA) is 61.8 Å². The van der Waals surface area contributed by atoms with Crippen LogP contribution in [0.25, 0.3) is 0 Å². The molecule has 0 fully saturated rings. The molecule has 0 aliphatic rings. The molecule has 5 nitrogen and oxygen atoms in total. The summed E-state index contributed by atoms with van der Waals surface area (Å²) >= 11 is 0. The van der Waals surface area contributed by atoms with Crippen molar-refractivity contribution >= 4 is 11.9 Å². The molecule has 0 aromatic heterocycles. The Kier molecular flexibility index (Phi) is 8.39. The van der Waals surface area contributed by atoms with Gasteiger partial charge in [0, 0.05) is 12.8 Å². The van der Waals surface area contributed by atoms with Crippen molar-refractivity contribution in [2.24, 2.45) is 0 Å². The highest BCUT2D eigenvalue weighted by molar-refractivity contribution is 5.72. The van der Waals surface area contributed by atoms with E-state index in [0.717, 1.165) is 0 Å². The van der Waals surface area contributed by atoms with E-state index in [1.165, 1.54) is 0 Å². The second kappa shape index (κ2) is 8.91. The van der Waals surface area contributed by atoms with Gasteiger partial charge >= 0.3 is 11.9 Å². The maximum Gasteiger partial charge on any atom is 0.306 e. The predicted molar refractivity (Wildman–Crippen MR) is 71.7 cm³/mol. The third-order valence-electron chi connectivity index (χ3n) is 2.15. The van der Waals surface area contributed by atoms with E-state index in [1.54, 1.807) is 13.8 Å². The van der Waals surface area contributed by atoms with Gasteiger partial charge in [-0.25, -0.2) is 0 Å². The van der Waals surface area contributed by atoms with E-state index >= 15 is 0 Å². The van der Waals surface area contributed by atoms with E-state index in [1.807, 2.05) is 20.8 Å². The van der Waals surface area contributed by atoms with E-state index in [4.69, 9.17) is 14.2 Å². The molecule has 5 heteroatoms. The minimum absolute atomic E-state index is 0.221. The van der Waals surface area contributed by atoms with Crippen molar-refractivity contribution in [1.82, 2.24) is 0 Å². The second-order valence-corrected chi connectivity index (χ2v) is 5.38. The zero-order valence-corrected chi connectivity index (χ0v) is 12.7. The second-order valence-electron chi connectivity index (χ2n) is 5.38.